The Kier molecular flexibility index (Phi) is 6.34. The Morgan fingerprint density at radius 3 is 2.74 bits per heavy atom. The first kappa shape index (κ1) is 22.2. The van der Waals surface area contributed by atoms with Gasteiger partial charge in [0.15, 0.2) is 10.9 Å². The minimum atomic E-state index is -0.355. The number of hydrogen-bond donors (Lipinski definition) is 1. The third kappa shape index (κ3) is 4.98. The van der Waals surface area contributed by atoms with Crippen molar-refractivity contribution in [3.05, 3.63) is 111 Å². The number of fused-ring (bicyclic) bond motifs is 1. The average Bonchev–Trinajstić information content (AvgIpc) is 3.43. The summed E-state index contributed by atoms with van der Waals surface area (Å²) < 4.78 is 11.9. The van der Waals surface area contributed by atoms with E-state index in [0.29, 0.717) is 27.7 Å². The monoisotopic (exact) mass is 488 g/mol. The minimum Gasteiger partial charge on any atom is -0.489 e. The molecule has 170 valence electrons. The molecule has 5 aromatic rings. The van der Waals surface area contributed by atoms with E-state index in [1.165, 1.54) is 11.3 Å². The number of benzene rings is 3. The Labute approximate surface area is 206 Å². The maximum absolute atomic E-state index is 13.2. The van der Waals surface area contributed by atoms with E-state index in [9.17, 15) is 4.79 Å². The zero-order valence-electron chi connectivity index (χ0n) is 18.4. The molecule has 0 fully saturated rings. The van der Waals surface area contributed by atoms with E-state index < -0.39 is 0 Å². The van der Waals surface area contributed by atoms with Crippen LogP contribution in [0.4, 0.5) is 5.13 Å². The number of hydrogen-bond acceptors (Lipinski definition) is 5. The van der Waals surface area contributed by atoms with Crippen LogP contribution in [-0.4, -0.2) is 10.9 Å². The third-order valence-corrected chi connectivity index (χ3v) is 6.51. The Balaban J connectivity index is 1.35. The van der Waals surface area contributed by atoms with Crippen LogP contribution in [0.15, 0.2) is 83.4 Å². The molecule has 1 N–H and O–H groups in total. The third-order valence-electron chi connectivity index (χ3n) is 5.34. The molecule has 0 unspecified atom stereocenters. The standard InChI is InChI=1S/C27H21ClN2O3S/c1-17-5-4-6-20(13-17)32-16-23-22-7-2-3-8-24(22)33-25(23)26(31)30-27-29-15-21(34-27)14-18-9-11-19(28)12-10-18/h2-13,15H,14,16H2,1H3,(H,29,30,31). The van der Waals surface area contributed by atoms with Crippen molar-refractivity contribution in [3.63, 3.8) is 0 Å². The van der Waals surface area contributed by atoms with E-state index in [2.05, 4.69) is 10.3 Å². The van der Waals surface area contributed by atoms with Crippen LogP contribution >= 0.6 is 22.9 Å². The summed E-state index contributed by atoms with van der Waals surface area (Å²) in [4.78, 5) is 18.6. The van der Waals surface area contributed by atoms with E-state index in [4.69, 9.17) is 20.8 Å². The molecule has 0 saturated carbocycles. The fourth-order valence-electron chi connectivity index (χ4n) is 3.69. The average molecular weight is 489 g/mol. The summed E-state index contributed by atoms with van der Waals surface area (Å²) in [5.74, 6) is 0.609. The molecule has 2 aromatic heterocycles. The topological polar surface area (TPSA) is 64.4 Å². The first-order chi connectivity index (χ1) is 16.5. The quantitative estimate of drug-likeness (QED) is 0.261. The summed E-state index contributed by atoms with van der Waals surface area (Å²) in [6, 6.07) is 23.1. The first-order valence-corrected chi connectivity index (χ1v) is 11.9. The van der Waals surface area contributed by atoms with Crippen molar-refractivity contribution in [1.82, 2.24) is 4.98 Å². The molecule has 0 aliphatic carbocycles. The van der Waals surface area contributed by atoms with Gasteiger partial charge in [-0.15, -0.1) is 11.3 Å². The number of para-hydroxylation sites is 1. The summed E-state index contributed by atoms with van der Waals surface area (Å²) in [7, 11) is 0. The number of amides is 1. The number of aryl methyl sites for hydroxylation is 1. The number of carbonyl (C=O) groups excluding carboxylic acids is 1. The molecule has 1 amide bonds. The van der Waals surface area contributed by atoms with Gasteiger partial charge in [0, 0.05) is 33.5 Å². The van der Waals surface area contributed by atoms with Gasteiger partial charge in [-0.25, -0.2) is 4.98 Å². The highest BCUT2D eigenvalue weighted by Crippen LogP contribution is 2.29. The van der Waals surface area contributed by atoms with Crippen LogP contribution in [0.2, 0.25) is 5.02 Å². The normalized spacial score (nSPS) is 11.0. The molecular weight excluding hydrogens is 468 g/mol. The summed E-state index contributed by atoms with van der Waals surface area (Å²) in [5.41, 5.74) is 3.56. The molecule has 5 nitrogen and oxygen atoms in total. The SMILES string of the molecule is Cc1cccc(OCc2c(C(=O)Nc3ncc(Cc4ccc(Cl)cc4)s3)oc3ccccc23)c1. The number of ether oxygens (including phenoxy) is 1. The zero-order chi connectivity index (χ0) is 23.5. The van der Waals surface area contributed by atoms with Crippen LogP contribution in [-0.2, 0) is 13.0 Å². The maximum atomic E-state index is 13.2. The van der Waals surface area contributed by atoms with E-state index in [0.717, 1.165) is 27.1 Å². The molecule has 0 aliphatic heterocycles. The first-order valence-electron chi connectivity index (χ1n) is 10.8. The van der Waals surface area contributed by atoms with Gasteiger partial charge in [0.05, 0.1) is 0 Å². The van der Waals surface area contributed by atoms with Crippen LogP contribution in [0.3, 0.4) is 0 Å². The second kappa shape index (κ2) is 9.71. The van der Waals surface area contributed by atoms with Crippen molar-refractivity contribution in [1.29, 1.82) is 0 Å². The number of nitrogens with zero attached hydrogens (tertiary/aromatic N) is 1. The fraction of sp³-hybridized carbons (Fsp3) is 0.111. The molecule has 0 radical (unpaired) electrons. The second-order valence-electron chi connectivity index (χ2n) is 7.90. The van der Waals surface area contributed by atoms with Crippen molar-refractivity contribution < 1.29 is 13.9 Å². The molecule has 7 heteroatoms. The highest BCUT2D eigenvalue weighted by molar-refractivity contribution is 7.15. The van der Waals surface area contributed by atoms with Gasteiger partial charge in [-0.2, -0.15) is 0 Å². The Morgan fingerprint density at radius 1 is 1.09 bits per heavy atom. The molecule has 34 heavy (non-hydrogen) atoms. The molecule has 0 bridgehead atoms. The van der Waals surface area contributed by atoms with E-state index >= 15 is 0 Å². The van der Waals surface area contributed by atoms with Crippen molar-refractivity contribution in [2.75, 3.05) is 5.32 Å². The second-order valence-corrected chi connectivity index (χ2v) is 9.45. The van der Waals surface area contributed by atoms with Crippen molar-refractivity contribution in [2.24, 2.45) is 0 Å². The van der Waals surface area contributed by atoms with E-state index in [1.54, 1.807) is 6.20 Å². The highest BCUT2D eigenvalue weighted by atomic mass is 35.5. The van der Waals surface area contributed by atoms with Crippen LogP contribution in [0.1, 0.15) is 32.1 Å². The molecule has 0 atom stereocenters. The van der Waals surface area contributed by atoms with Gasteiger partial charge in [0.2, 0.25) is 0 Å². The zero-order valence-corrected chi connectivity index (χ0v) is 20.0. The molecule has 0 saturated heterocycles. The molecule has 3 aromatic carbocycles. The minimum absolute atomic E-state index is 0.211. The Morgan fingerprint density at radius 2 is 1.91 bits per heavy atom. The number of thiazole rings is 1. The molecule has 2 heterocycles. The largest absolute Gasteiger partial charge is 0.489 e. The summed E-state index contributed by atoms with van der Waals surface area (Å²) in [6.07, 6.45) is 2.49. The van der Waals surface area contributed by atoms with Gasteiger partial charge in [0.1, 0.15) is 17.9 Å². The van der Waals surface area contributed by atoms with Crippen molar-refractivity contribution >= 4 is 44.9 Å². The number of nitrogens with one attached hydrogen (secondary N) is 1. The maximum Gasteiger partial charge on any atom is 0.293 e. The van der Waals surface area contributed by atoms with Crippen molar-refractivity contribution in [3.8, 4) is 5.75 Å². The van der Waals surface area contributed by atoms with E-state index in [-0.39, 0.29) is 18.3 Å². The number of carbonyl (C=O) groups is 1. The van der Waals surface area contributed by atoms with Crippen LogP contribution in [0, 0.1) is 6.92 Å². The van der Waals surface area contributed by atoms with Gasteiger partial charge < -0.3 is 9.15 Å². The van der Waals surface area contributed by atoms with Gasteiger partial charge in [-0.1, -0.05) is 54.1 Å². The number of rotatable bonds is 7. The molecule has 0 spiro atoms. The fourth-order valence-corrected chi connectivity index (χ4v) is 4.66. The lowest BCUT2D eigenvalue weighted by molar-refractivity contribution is 0.0995. The lowest BCUT2D eigenvalue weighted by atomic mass is 10.1. The van der Waals surface area contributed by atoms with Gasteiger partial charge in [0.25, 0.3) is 5.91 Å². The molecule has 0 aliphatic rings. The van der Waals surface area contributed by atoms with Gasteiger partial charge >= 0.3 is 0 Å². The predicted molar refractivity (Wildman–Crippen MR) is 136 cm³/mol. The van der Waals surface area contributed by atoms with E-state index in [1.807, 2.05) is 79.7 Å². The van der Waals surface area contributed by atoms with Crippen LogP contribution in [0.5, 0.6) is 5.75 Å². The molecular formula is C27H21ClN2O3S. The van der Waals surface area contributed by atoms with Crippen LogP contribution in [0.25, 0.3) is 11.0 Å². The number of aromatic nitrogens is 1. The number of anilines is 1. The predicted octanol–water partition coefficient (Wildman–Crippen LogP) is 7.27. The summed E-state index contributed by atoms with van der Waals surface area (Å²) in [5, 5.41) is 4.95. The summed E-state index contributed by atoms with van der Waals surface area (Å²) in [6.45, 7) is 2.22. The lowest BCUT2D eigenvalue weighted by Gasteiger charge is -2.07. The lowest BCUT2D eigenvalue weighted by Crippen LogP contribution is -2.13. The number of halogens is 1. The van der Waals surface area contributed by atoms with Gasteiger partial charge in [-0.05, 0) is 48.4 Å². The number of furan rings is 1. The Hall–Kier alpha value is -3.61. The highest BCUT2D eigenvalue weighted by Gasteiger charge is 2.22. The van der Waals surface area contributed by atoms with Crippen LogP contribution < -0.4 is 10.1 Å². The van der Waals surface area contributed by atoms with Gasteiger partial charge in [-0.3, -0.25) is 10.1 Å². The molecule has 5 rings (SSSR count). The Bertz CT molecular complexity index is 1460. The van der Waals surface area contributed by atoms with Crippen molar-refractivity contribution in [2.45, 2.75) is 20.0 Å². The summed E-state index contributed by atoms with van der Waals surface area (Å²) >= 11 is 7.40. The smallest absolute Gasteiger partial charge is 0.293 e.